The highest BCUT2D eigenvalue weighted by Crippen LogP contribution is 2.40. The number of amidine groups is 2. The van der Waals surface area contributed by atoms with Crippen LogP contribution < -0.4 is 14.8 Å². The van der Waals surface area contributed by atoms with Crippen molar-refractivity contribution in [3.8, 4) is 5.75 Å². The maximum atomic E-state index is 14.2. The number of nitrogens with zero attached hydrogens (tertiary/aromatic N) is 3. The van der Waals surface area contributed by atoms with Gasteiger partial charge in [-0.3, -0.25) is 19.5 Å². The van der Waals surface area contributed by atoms with Crippen molar-refractivity contribution < 1.29 is 36.2 Å². The number of sulfonamides is 1. The number of carbonyl (C=O) groups is 1. The van der Waals surface area contributed by atoms with Crippen LogP contribution in [0.15, 0.2) is 53.5 Å². The van der Waals surface area contributed by atoms with Gasteiger partial charge in [-0.15, -0.1) is 0 Å². The minimum Gasteiger partial charge on any atom is -0.490 e. The molecule has 2 aliphatic rings. The second kappa shape index (κ2) is 12.8. The Balaban J connectivity index is 1.58. The summed E-state index contributed by atoms with van der Waals surface area (Å²) >= 11 is 0. The molecule has 42 heavy (non-hydrogen) atoms. The molecule has 0 radical (unpaired) electrons. The normalized spacial score (nSPS) is 16.5. The summed E-state index contributed by atoms with van der Waals surface area (Å²) in [6.45, 7) is 1.58. The zero-order valence-electron chi connectivity index (χ0n) is 22.7. The van der Waals surface area contributed by atoms with Crippen LogP contribution in [0.2, 0.25) is 0 Å². The van der Waals surface area contributed by atoms with E-state index in [2.05, 4.69) is 9.89 Å². The molecule has 14 heteroatoms. The number of benzene rings is 2. The van der Waals surface area contributed by atoms with Crippen LogP contribution in [0.1, 0.15) is 42.4 Å². The fourth-order valence-electron chi connectivity index (χ4n) is 4.90. The summed E-state index contributed by atoms with van der Waals surface area (Å²) in [7, 11) is -4.56. The molecular formula is C28H32F3N5O5S. The Morgan fingerprint density at radius 2 is 1.95 bits per heavy atom. The minimum absolute atomic E-state index is 0.174. The number of rotatable bonds is 10. The number of piperidine rings is 1. The molecule has 4 N–H and O–H groups in total. The number of nitrogens with one attached hydrogen (secondary N) is 1. The van der Waals surface area contributed by atoms with E-state index in [0.717, 1.165) is 31.3 Å². The van der Waals surface area contributed by atoms with Gasteiger partial charge in [-0.2, -0.15) is 13.2 Å². The summed E-state index contributed by atoms with van der Waals surface area (Å²) in [4.78, 5) is 17.9. The molecule has 0 spiro atoms. The highest BCUT2D eigenvalue weighted by molar-refractivity contribution is 7.93. The third-order valence-electron chi connectivity index (χ3n) is 6.93. The van der Waals surface area contributed by atoms with Crippen LogP contribution in [0.5, 0.6) is 5.75 Å². The molecule has 10 nitrogen and oxygen atoms in total. The third kappa shape index (κ3) is 7.81. The summed E-state index contributed by atoms with van der Waals surface area (Å²) < 4.78 is 74.9. The molecule has 2 aromatic rings. The number of alkyl halides is 3. The Morgan fingerprint density at radius 3 is 2.57 bits per heavy atom. The first kappa shape index (κ1) is 30.9. The monoisotopic (exact) mass is 607 g/mol. The smallest absolute Gasteiger partial charge is 0.420 e. The second-order valence-electron chi connectivity index (χ2n) is 10.0. The average molecular weight is 608 g/mol. The van der Waals surface area contributed by atoms with Gasteiger partial charge in [0, 0.05) is 44.5 Å². The number of halogens is 3. The number of hydrogen-bond acceptors (Lipinski definition) is 7. The van der Waals surface area contributed by atoms with E-state index in [-0.39, 0.29) is 11.5 Å². The van der Waals surface area contributed by atoms with Gasteiger partial charge in [-0.05, 0) is 36.2 Å². The summed E-state index contributed by atoms with van der Waals surface area (Å²) in [5.41, 5.74) is 4.97. The third-order valence-corrected chi connectivity index (χ3v) is 8.57. The Hall–Kier alpha value is -4.07. The number of aliphatic carboxylic acids is 1. The van der Waals surface area contributed by atoms with Gasteiger partial charge in [-0.25, -0.2) is 8.42 Å². The van der Waals surface area contributed by atoms with Gasteiger partial charge in [0.15, 0.2) is 5.75 Å². The number of aliphatic imine (C=N–C) groups is 1. The largest absolute Gasteiger partial charge is 0.490 e. The first-order valence-electron chi connectivity index (χ1n) is 13.3. The van der Waals surface area contributed by atoms with Crippen LogP contribution in [0.4, 0.5) is 18.9 Å². The maximum absolute atomic E-state index is 14.2. The van der Waals surface area contributed by atoms with Crippen LogP contribution in [0, 0.1) is 5.41 Å². The zero-order chi connectivity index (χ0) is 30.5. The molecule has 1 saturated heterocycles. The molecule has 4 rings (SSSR count). The van der Waals surface area contributed by atoms with E-state index in [1.165, 1.54) is 18.2 Å². The lowest BCUT2D eigenvalue weighted by molar-refractivity contribution is -0.139. The van der Waals surface area contributed by atoms with Gasteiger partial charge in [0.05, 0.1) is 23.6 Å². The minimum atomic E-state index is -4.87. The van der Waals surface area contributed by atoms with Crippen molar-refractivity contribution in [1.82, 2.24) is 4.90 Å². The highest BCUT2D eigenvalue weighted by Gasteiger charge is 2.37. The van der Waals surface area contributed by atoms with E-state index in [1.54, 1.807) is 24.3 Å². The van der Waals surface area contributed by atoms with Crippen LogP contribution >= 0.6 is 0 Å². The lowest BCUT2D eigenvalue weighted by Gasteiger charge is -2.34. The summed E-state index contributed by atoms with van der Waals surface area (Å²) in [5, 5.41) is 16.7. The van der Waals surface area contributed by atoms with Crippen molar-refractivity contribution in [1.29, 1.82) is 5.41 Å². The zero-order valence-corrected chi connectivity index (χ0v) is 23.5. The Morgan fingerprint density at radius 1 is 1.21 bits per heavy atom. The number of hydrogen-bond donors (Lipinski definition) is 3. The van der Waals surface area contributed by atoms with Gasteiger partial charge >= 0.3 is 12.1 Å². The topological polar surface area (TPSA) is 149 Å². The molecule has 226 valence electrons. The van der Waals surface area contributed by atoms with Gasteiger partial charge in [-0.1, -0.05) is 30.4 Å². The van der Waals surface area contributed by atoms with Gasteiger partial charge in [0.2, 0.25) is 10.0 Å². The van der Waals surface area contributed by atoms with Crippen LogP contribution in [0.3, 0.4) is 0 Å². The summed E-state index contributed by atoms with van der Waals surface area (Å²) in [6, 6.07) is 9.41. The van der Waals surface area contributed by atoms with Crippen LogP contribution in [0.25, 0.3) is 6.08 Å². The van der Waals surface area contributed by atoms with Crippen molar-refractivity contribution >= 4 is 39.4 Å². The lowest BCUT2D eigenvalue weighted by Crippen LogP contribution is -2.41. The van der Waals surface area contributed by atoms with Crippen molar-refractivity contribution in [3.05, 3.63) is 65.2 Å². The predicted octanol–water partition coefficient (Wildman–Crippen LogP) is 3.96. The molecule has 0 saturated carbocycles. The fraction of sp³-hybridized carbons (Fsp3) is 0.393. The molecule has 0 atom stereocenters. The molecule has 2 aliphatic heterocycles. The molecule has 2 heterocycles. The highest BCUT2D eigenvalue weighted by atomic mass is 32.2. The van der Waals surface area contributed by atoms with E-state index < -0.39 is 51.9 Å². The molecule has 0 unspecified atom stereocenters. The van der Waals surface area contributed by atoms with Gasteiger partial charge < -0.3 is 20.5 Å². The number of nitrogens with two attached hydrogens (primary N) is 1. The SMILES string of the molecule is N=C(N)c1cccc(/C=C/CN(c2ccc(OC3CCN(C4=NCCC4)CC3)c(C(F)(F)F)c2)S(=O)(=O)CC(=O)O)c1. The van der Waals surface area contributed by atoms with Crippen molar-refractivity contribution in [2.45, 2.75) is 38.0 Å². The Labute approximate surface area is 241 Å². The van der Waals surface area contributed by atoms with Crippen molar-refractivity contribution in [2.75, 3.05) is 36.2 Å². The van der Waals surface area contributed by atoms with Crippen LogP contribution in [-0.2, 0) is 21.0 Å². The van der Waals surface area contributed by atoms with E-state index in [9.17, 15) is 26.4 Å². The van der Waals surface area contributed by atoms with E-state index in [4.69, 9.17) is 21.0 Å². The number of nitrogen functional groups attached to an aromatic ring is 1. The van der Waals surface area contributed by atoms with E-state index in [1.807, 2.05) is 0 Å². The number of anilines is 1. The molecule has 2 aromatic carbocycles. The summed E-state index contributed by atoms with van der Waals surface area (Å²) in [6.07, 6.45) is 0.452. The Kier molecular flexibility index (Phi) is 9.44. The van der Waals surface area contributed by atoms with Gasteiger partial charge in [0.25, 0.3) is 0 Å². The number of ether oxygens (including phenoxy) is 1. The molecule has 1 fully saturated rings. The first-order valence-corrected chi connectivity index (χ1v) is 14.9. The van der Waals surface area contributed by atoms with E-state index >= 15 is 0 Å². The standard InChI is InChI=1S/C28H32F3N5O5S/c29-28(30,31)23-17-21(8-9-24(23)41-22-10-14-35(15-11-22)25-7-2-12-34-25)36(42(39,40)18-26(37)38)13-3-5-19-4-1-6-20(16-19)27(32)33/h1,3-6,8-9,16-17,22H,2,7,10-15,18H2,(H3,32,33)(H,37,38)/b5-3+. The second-order valence-corrected chi connectivity index (χ2v) is 11.9. The molecule has 0 bridgehead atoms. The molecular weight excluding hydrogens is 575 g/mol. The molecule has 0 aliphatic carbocycles. The number of likely N-dealkylation sites (tertiary alicyclic amines) is 1. The maximum Gasteiger partial charge on any atom is 0.420 e. The quantitative estimate of drug-likeness (QED) is 0.273. The Bertz CT molecular complexity index is 1480. The molecule has 0 aromatic heterocycles. The van der Waals surface area contributed by atoms with Crippen molar-refractivity contribution in [3.63, 3.8) is 0 Å². The number of carboxylic acids is 1. The lowest BCUT2D eigenvalue weighted by atomic mass is 10.1. The molecule has 0 amide bonds. The average Bonchev–Trinajstić information content (AvgIpc) is 3.46. The summed E-state index contributed by atoms with van der Waals surface area (Å²) in [5.74, 6) is -2.53. The van der Waals surface area contributed by atoms with Crippen molar-refractivity contribution in [2.24, 2.45) is 10.7 Å². The van der Waals surface area contributed by atoms with Crippen LogP contribution in [-0.4, -0.2) is 74.1 Å². The van der Waals surface area contributed by atoms with E-state index in [0.29, 0.717) is 47.4 Å². The fourth-order valence-corrected chi connectivity index (χ4v) is 6.11. The predicted molar refractivity (Wildman–Crippen MR) is 153 cm³/mol. The van der Waals surface area contributed by atoms with Gasteiger partial charge in [0.1, 0.15) is 17.7 Å². The number of carboxylic acid groups (broad SMARTS) is 1. The first-order chi connectivity index (χ1) is 19.8.